The fraction of sp³-hybridized carbons (Fsp3) is 0.368. The molecule has 2 aromatic carbocycles. The second-order valence-electron chi connectivity index (χ2n) is 6.26. The van der Waals surface area contributed by atoms with Gasteiger partial charge in [-0.15, -0.1) is 0 Å². The first-order valence-electron chi connectivity index (χ1n) is 8.15. The van der Waals surface area contributed by atoms with Gasteiger partial charge >= 0.3 is 0 Å². The molecule has 0 aliphatic carbocycles. The van der Waals surface area contributed by atoms with Crippen molar-refractivity contribution in [2.24, 2.45) is 0 Å². The monoisotopic (exact) mass is 310 g/mol. The van der Waals surface area contributed by atoms with E-state index in [0.717, 1.165) is 17.2 Å². The Kier molecular flexibility index (Phi) is 4.07. The number of nitrogens with zero attached hydrogens (tertiary/aromatic N) is 1. The molecule has 0 saturated carbocycles. The third-order valence-electron chi connectivity index (χ3n) is 4.71. The maximum absolute atomic E-state index is 13.0. The van der Waals surface area contributed by atoms with Crippen LogP contribution in [0.5, 0.6) is 0 Å². The molecule has 120 valence electrons. The summed E-state index contributed by atoms with van der Waals surface area (Å²) >= 11 is 0. The highest BCUT2D eigenvalue weighted by atomic mass is 16.2. The molecule has 0 radical (unpaired) electrons. The zero-order chi connectivity index (χ0) is 16.4. The van der Waals surface area contributed by atoms with Crippen LogP contribution in [0.25, 0.3) is 10.8 Å². The number of hydrogen-bond donors (Lipinski definition) is 1. The summed E-state index contributed by atoms with van der Waals surface area (Å²) in [5.74, 6) is -0.131. The second-order valence-corrected chi connectivity index (χ2v) is 6.26. The lowest BCUT2D eigenvalue weighted by Crippen LogP contribution is -2.55. The Morgan fingerprint density at radius 3 is 2.65 bits per heavy atom. The number of rotatable bonds is 3. The zero-order valence-electron chi connectivity index (χ0n) is 13.6. The highest BCUT2D eigenvalue weighted by molar-refractivity contribution is 6.02. The van der Waals surface area contributed by atoms with Gasteiger partial charge in [0, 0.05) is 18.7 Å². The largest absolute Gasteiger partial charge is 0.354 e. The Labute approximate surface area is 136 Å². The van der Waals surface area contributed by atoms with Crippen LogP contribution in [0, 0.1) is 0 Å². The molecule has 23 heavy (non-hydrogen) atoms. The van der Waals surface area contributed by atoms with Crippen molar-refractivity contribution in [3.8, 4) is 0 Å². The van der Waals surface area contributed by atoms with E-state index in [1.807, 2.05) is 56.3 Å². The van der Waals surface area contributed by atoms with Crippen molar-refractivity contribution in [1.29, 1.82) is 0 Å². The van der Waals surface area contributed by atoms with Crippen molar-refractivity contribution in [3.63, 3.8) is 0 Å². The van der Waals surface area contributed by atoms with Gasteiger partial charge in [0.15, 0.2) is 0 Å². The molecule has 0 bridgehead atoms. The SMILES string of the molecule is CCNC(=O)C1(C)CCCN1C(=O)c1ccc2ccccc2c1. The molecule has 0 spiro atoms. The van der Waals surface area contributed by atoms with Crippen LogP contribution in [0.4, 0.5) is 0 Å². The van der Waals surface area contributed by atoms with E-state index in [4.69, 9.17) is 0 Å². The predicted octanol–water partition coefficient (Wildman–Crippen LogP) is 2.97. The third-order valence-corrected chi connectivity index (χ3v) is 4.71. The lowest BCUT2D eigenvalue weighted by Gasteiger charge is -2.34. The van der Waals surface area contributed by atoms with Crippen molar-refractivity contribution in [2.75, 3.05) is 13.1 Å². The molecule has 4 nitrogen and oxygen atoms in total. The Morgan fingerprint density at radius 1 is 1.17 bits per heavy atom. The number of hydrogen-bond acceptors (Lipinski definition) is 2. The predicted molar refractivity (Wildman–Crippen MR) is 91.3 cm³/mol. The summed E-state index contributed by atoms with van der Waals surface area (Å²) in [7, 11) is 0. The average molecular weight is 310 g/mol. The van der Waals surface area contributed by atoms with E-state index in [1.54, 1.807) is 4.90 Å². The first-order chi connectivity index (χ1) is 11.1. The maximum atomic E-state index is 13.0. The van der Waals surface area contributed by atoms with Crippen LogP contribution >= 0.6 is 0 Å². The van der Waals surface area contributed by atoms with Gasteiger partial charge in [0.1, 0.15) is 5.54 Å². The summed E-state index contributed by atoms with van der Waals surface area (Å²) in [6.45, 7) is 4.96. The zero-order valence-corrected chi connectivity index (χ0v) is 13.6. The lowest BCUT2D eigenvalue weighted by molar-refractivity contribution is -0.129. The van der Waals surface area contributed by atoms with Crippen molar-refractivity contribution in [3.05, 3.63) is 48.0 Å². The summed E-state index contributed by atoms with van der Waals surface area (Å²) in [5, 5.41) is 5.01. The number of carbonyl (C=O) groups excluding carboxylic acids is 2. The molecule has 3 rings (SSSR count). The molecule has 1 fully saturated rings. The van der Waals surface area contributed by atoms with Crippen molar-refractivity contribution >= 4 is 22.6 Å². The normalized spacial score (nSPS) is 20.7. The Bertz CT molecular complexity index is 756. The van der Waals surface area contributed by atoms with Gasteiger partial charge < -0.3 is 10.2 Å². The number of fused-ring (bicyclic) bond motifs is 1. The van der Waals surface area contributed by atoms with E-state index in [9.17, 15) is 9.59 Å². The molecule has 4 heteroatoms. The van der Waals surface area contributed by atoms with E-state index >= 15 is 0 Å². The van der Waals surface area contributed by atoms with Crippen LogP contribution in [0.3, 0.4) is 0 Å². The Morgan fingerprint density at radius 2 is 1.91 bits per heavy atom. The fourth-order valence-corrected chi connectivity index (χ4v) is 3.35. The van der Waals surface area contributed by atoms with Gasteiger partial charge in [0.05, 0.1) is 0 Å². The van der Waals surface area contributed by atoms with Crippen molar-refractivity contribution in [2.45, 2.75) is 32.2 Å². The second kappa shape index (κ2) is 6.03. The number of nitrogens with one attached hydrogen (secondary N) is 1. The van der Waals surface area contributed by atoms with E-state index < -0.39 is 5.54 Å². The first kappa shape index (κ1) is 15.5. The molecule has 2 aromatic rings. The third kappa shape index (κ3) is 2.69. The van der Waals surface area contributed by atoms with Crippen LogP contribution in [-0.4, -0.2) is 35.3 Å². The number of likely N-dealkylation sites (tertiary alicyclic amines) is 1. The molecule has 1 unspecified atom stereocenters. The molecule has 2 amide bonds. The molecule has 1 aliphatic rings. The molecule has 0 aromatic heterocycles. The summed E-state index contributed by atoms with van der Waals surface area (Å²) in [5.41, 5.74) is -0.111. The minimum absolute atomic E-state index is 0.0633. The molecular formula is C19H22N2O2. The van der Waals surface area contributed by atoms with Gasteiger partial charge in [0.25, 0.3) is 5.91 Å². The van der Waals surface area contributed by atoms with Crippen molar-refractivity contribution < 1.29 is 9.59 Å². The van der Waals surface area contributed by atoms with Gasteiger partial charge in [-0.2, -0.15) is 0 Å². The highest BCUT2D eigenvalue weighted by Gasteiger charge is 2.45. The Hall–Kier alpha value is -2.36. The number of amides is 2. The quantitative estimate of drug-likeness (QED) is 0.947. The standard InChI is InChI=1S/C19H22N2O2/c1-3-20-18(23)19(2)11-6-12-21(19)17(22)16-10-9-14-7-4-5-8-15(14)13-16/h4-5,7-10,13H,3,6,11-12H2,1-2H3,(H,20,23). The molecule has 1 aliphatic heterocycles. The molecule has 1 N–H and O–H groups in total. The van der Waals surface area contributed by atoms with Gasteiger partial charge in [-0.3, -0.25) is 9.59 Å². The molecular weight excluding hydrogens is 288 g/mol. The lowest BCUT2D eigenvalue weighted by atomic mass is 9.96. The molecule has 1 heterocycles. The number of carbonyl (C=O) groups is 2. The summed E-state index contributed by atoms with van der Waals surface area (Å²) in [6, 6.07) is 13.7. The minimum atomic E-state index is -0.751. The van der Waals surface area contributed by atoms with E-state index in [1.165, 1.54) is 0 Å². The van der Waals surface area contributed by atoms with Crippen molar-refractivity contribution in [1.82, 2.24) is 10.2 Å². The van der Waals surface area contributed by atoms with Gasteiger partial charge in [-0.1, -0.05) is 30.3 Å². The smallest absolute Gasteiger partial charge is 0.254 e. The first-order valence-corrected chi connectivity index (χ1v) is 8.15. The van der Waals surface area contributed by atoms with Crippen LogP contribution in [0.15, 0.2) is 42.5 Å². The maximum Gasteiger partial charge on any atom is 0.254 e. The van der Waals surface area contributed by atoms with E-state index in [-0.39, 0.29) is 11.8 Å². The van der Waals surface area contributed by atoms with Crippen LogP contribution in [0.1, 0.15) is 37.0 Å². The van der Waals surface area contributed by atoms with Crippen LogP contribution in [0.2, 0.25) is 0 Å². The summed E-state index contributed by atoms with van der Waals surface area (Å²) in [6.07, 6.45) is 1.56. The van der Waals surface area contributed by atoms with E-state index in [2.05, 4.69) is 5.32 Å². The molecule has 1 atom stereocenters. The average Bonchev–Trinajstić information content (AvgIpc) is 2.97. The summed E-state index contributed by atoms with van der Waals surface area (Å²) in [4.78, 5) is 27.1. The minimum Gasteiger partial charge on any atom is -0.354 e. The Balaban J connectivity index is 1.92. The summed E-state index contributed by atoms with van der Waals surface area (Å²) < 4.78 is 0. The van der Waals surface area contributed by atoms with E-state index in [0.29, 0.717) is 25.1 Å². The van der Waals surface area contributed by atoms with Crippen LogP contribution in [-0.2, 0) is 4.79 Å². The number of likely N-dealkylation sites (N-methyl/N-ethyl adjacent to an activating group) is 1. The number of benzene rings is 2. The van der Waals surface area contributed by atoms with Gasteiger partial charge in [-0.25, -0.2) is 0 Å². The van der Waals surface area contributed by atoms with Crippen LogP contribution < -0.4 is 5.32 Å². The van der Waals surface area contributed by atoms with Gasteiger partial charge in [0.2, 0.25) is 5.91 Å². The fourth-order valence-electron chi connectivity index (χ4n) is 3.35. The topological polar surface area (TPSA) is 49.4 Å². The molecule has 1 saturated heterocycles. The highest BCUT2D eigenvalue weighted by Crippen LogP contribution is 2.31. The van der Waals surface area contributed by atoms with Gasteiger partial charge in [-0.05, 0) is 49.6 Å².